The zero-order valence-electron chi connectivity index (χ0n) is 8.99. The number of aryl methyl sites for hydroxylation is 1. The van der Waals surface area contributed by atoms with E-state index >= 15 is 0 Å². The molecule has 0 amide bonds. The number of hydrogen-bond donors (Lipinski definition) is 0. The summed E-state index contributed by atoms with van der Waals surface area (Å²) < 4.78 is 5.10. The molecule has 1 aliphatic rings. The molecule has 1 atom stereocenters. The van der Waals surface area contributed by atoms with E-state index in [-0.39, 0.29) is 4.75 Å². The maximum Gasteiger partial charge on any atom is 0.149 e. The fraction of sp³-hybridized carbons (Fsp3) is 0.583. The van der Waals surface area contributed by atoms with Crippen molar-refractivity contribution in [3.05, 3.63) is 24.2 Å². The van der Waals surface area contributed by atoms with Crippen molar-refractivity contribution in [1.82, 2.24) is 0 Å². The Morgan fingerprint density at radius 1 is 1.67 bits per heavy atom. The maximum absolute atomic E-state index is 12.0. The fourth-order valence-electron chi connectivity index (χ4n) is 1.95. The van der Waals surface area contributed by atoms with E-state index in [1.165, 1.54) is 6.42 Å². The van der Waals surface area contributed by atoms with Gasteiger partial charge in [-0.1, -0.05) is 0 Å². The van der Waals surface area contributed by atoms with Gasteiger partial charge in [-0.3, -0.25) is 4.79 Å². The van der Waals surface area contributed by atoms with Gasteiger partial charge < -0.3 is 4.42 Å². The smallest absolute Gasteiger partial charge is 0.149 e. The van der Waals surface area contributed by atoms with Gasteiger partial charge in [-0.2, -0.15) is 0 Å². The molecule has 2 nitrogen and oxygen atoms in total. The highest BCUT2D eigenvalue weighted by Crippen LogP contribution is 2.39. The highest BCUT2D eigenvalue weighted by atomic mass is 32.2. The predicted octanol–water partition coefficient (Wildman–Crippen LogP) is 3.07. The third kappa shape index (κ3) is 2.46. The third-order valence-electron chi connectivity index (χ3n) is 2.99. The quantitative estimate of drug-likeness (QED) is 0.787. The largest absolute Gasteiger partial charge is 0.469 e. The molecule has 0 bridgehead atoms. The van der Waals surface area contributed by atoms with Crippen LogP contribution in [0.3, 0.4) is 0 Å². The fourth-order valence-corrected chi connectivity index (χ4v) is 3.25. The number of carbonyl (C=O) groups excluding carboxylic acids is 1. The molecule has 1 aromatic rings. The normalized spacial score (nSPS) is 25.7. The van der Waals surface area contributed by atoms with Crippen molar-refractivity contribution >= 4 is 17.5 Å². The van der Waals surface area contributed by atoms with E-state index < -0.39 is 0 Å². The molecule has 0 spiro atoms. The zero-order chi connectivity index (χ0) is 10.7. The number of Topliss-reactive ketones (excluding diaryl/α,β-unsaturated/α-hetero) is 1. The topological polar surface area (TPSA) is 30.2 Å². The van der Waals surface area contributed by atoms with Crippen molar-refractivity contribution in [2.45, 2.75) is 37.4 Å². The molecule has 0 aromatic carbocycles. The molecule has 1 aromatic heterocycles. The highest BCUT2D eigenvalue weighted by molar-refractivity contribution is 8.01. The summed E-state index contributed by atoms with van der Waals surface area (Å²) in [5.74, 6) is 2.42. The monoisotopic (exact) mass is 224 g/mol. The van der Waals surface area contributed by atoms with Crippen LogP contribution in [0.4, 0.5) is 0 Å². The summed E-state index contributed by atoms with van der Waals surface area (Å²) >= 11 is 1.81. The van der Waals surface area contributed by atoms with Gasteiger partial charge in [-0.05, 0) is 37.7 Å². The minimum atomic E-state index is -0.118. The van der Waals surface area contributed by atoms with Gasteiger partial charge in [-0.25, -0.2) is 0 Å². The van der Waals surface area contributed by atoms with Crippen LogP contribution in [0.1, 0.15) is 31.9 Å². The SMILES string of the molecule is CC1(C(=O)CCc2ccco2)CCCS1. The summed E-state index contributed by atoms with van der Waals surface area (Å²) in [6.07, 6.45) is 5.22. The molecule has 1 saturated heterocycles. The molecule has 0 N–H and O–H groups in total. The Bertz CT molecular complexity index is 323. The van der Waals surface area contributed by atoms with Crippen molar-refractivity contribution in [2.75, 3.05) is 5.75 Å². The van der Waals surface area contributed by atoms with E-state index in [1.54, 1.807) is 6.26 Å². The highest BCUT2D eigenvalue weighted by Gasteiger charge is 2.36. The van der Waals surface area contributed by atoms with Crippen molar-refractivity contribution in [2.24, 2.45) is 0 Å². The van der Waals surface area contributed by atoms with Gasteiger partial charge in [0.15, 0.2) is 0 Å². The lowest BCUT2D eigenvalue weighted by atomic mass is 9.96. The molecule has 0 saturated carbocycles. The summed E-state index contributed by atoms with van der Waals surface area (Å²) in [5.41, 5.74) is 0. The van der Waals surface area contributed by atoms with Crippen LogP contribution < -0.4 is 0 Å². The van der Waals surface area contributed by atoms with Crippen molar-refractivity contribution in [1.29, 1.82) is 0 Å². The summed E-state index contributed by atoms with van der Waals surface area (Å²) in [5, 5.41) is 0. The lowest BCUT2D eigenvalue weighted by molar-refractivity contribution is -0.121. The van der Waals surface area contributed by atoms with E-state index in [0.717, 1.165) is 24.4 Å². The summed E-state index contributed by atoms with van der Waals surface area (Å²) in [6, 6.07) is 3.79. The lowest BCUT2D eigenvalue weighted by Gasteiger charge is -2.20. The van der Waals surface area contributed by atoms with Gasteiger partial charge in [0.05, 0.1) is 11.0 Å². The maximum atomic E-state index is 12.0. The van der Waals surface area contributed by atoms with Crippen molar-refractivity contribution in [3.8, 4) is 0 Å². The molecule has 2 rings (SSSR count). The molecule has 15 heavy (non-hydrogen) atoms. The average molecular weight is 224 g/mol. The molecule has 2 heterocycles. The van der Waals surface area contributed by atoms with Crippen molar-refractivity contribution in [3.63, 3.8) is 0 Å². The van der Waals surface area contributed by atoms with E-state index in [9.17, 15) is 4.79 Å². The Hall–Kier alpha value is -0.700. The Labute approximate surface area is 94.4 Å². The first-order chi connectivity index (χ1) is 7.21. The van der Waals surface area contributed by atoms with Crippen LogP contribution in [-0.4, -0.2) is 16.3 Å². The molecular formula is C12H16O2S. The number of thioether (sulfide) groups is 1. The number of furan rings is 1. The Morgan fingerprint density at radius 2 is 2.53 bits per heavy atom. The first kappa shape index (κ1) is 10.8. The lowest BCUT2D eigenvalue weighted by Crippen LogP contribution is -2.28. The van der Waals surface area contributed by atoms with Crippen LogP contribution in [0.15, 0.2) is 22.8 Å². The summed E-state index contributed by atoms with van der Waals surface area (Å²) in [4.78, 5) is 12.0. The second-order valence-electron chi connectivity index (χ2n) is 4.19. The van der Waals surface area contributed by atoms with Gasteiger partial charge in [0.2, 0.25) is 0 Å². The first-order valence-electron chi connectivity index (χ1n) is 5.40. The number of carbonyl (C=O) groups is 1. The third-order valence-corrected chi connectivity index (χ3v) is 4.55. The second-order valence-corrected chi connectivity index (χ2v) is 5.78. The number of rotatable bonds is 4. The van der Waals surface area contributed by atoms with Crippen LogP contribution >= 0.6 is 11.8 Å². The van der Waals surface area contributed by atoms with E-state index in [4.69, 9.17) is 4.42 Å². The van der Waals surface area contributed by atoms with Gasteiger partial charge in [-0.15, -0.1) is 11.8 Å². The Balaban J connectivity index is 1.87. The minimum absolute atomic E-state index is 0.118. The van der Waals surface area contributed by atoms with Crippen molar-refractivity contribution < 1.29 is 9.21 Å². The minimum Gasteiger partial charge on any atom is -0.469 e. The number of ketones is 1. The van der Waals surface area contributed by atoms with E-state index in [0.29, 0.717) is 12.2 Å². The van der Waals surface area contributed by atoms with Gasteiger partial charge in [0.25, 0.3) is 0 Å². The number of hydrogen-bond acceptors (Lipinski definition) is 3. The van der Waals surface area contributed by atoms with Crippen LogP contribution in [0.2, 0.25) is 0 Å². The summed E-state index contributed by atoms with van der Waals surface area (Å²) in [7, 11) is 0. The van der Waals surface area contributed by atoms with Crippen LogP contribution in [-0.2, 0) is 11.2 Å². The van der Waals surface area contributed by atoms with E-state index in [1.807, 2.05) is 23.9 Å². The van der Waals surface area contributed by atoms with Crippen LogP contribution in [0.5, 0.6) is 0 Å². The van der Waals surface area contributed by atoms with Crippen LogP contribution in [0.25, 0.3) is 0 Å². The van der Waals surface area contributed by atoms with Crippen LogP contribution in [0, 0.1) is 0 Å². The average Bonchev–Trinajstić information content (AvgIpc) is 2.85. The molecule has 1 aliphatic heterocycles. The standard InChI is InChI=1S/C12H16O2S/c1-12(7-3-9-15-12)11(13)6-5-10-4-2-8-14-10/h2,4,8H,3,5-7,9H2,1H3. The Kier molecular flexibility index (Phi) is 3.19. The second kappa shape index (κ2) is 4.44. The molecule has 1 fully saturated rings. The molecule has 1 unspecified atom stereocenters. The Morgan fingerprint density at radius 3 is 3.13 bits per heavy atom. The molecular weight excluding hydrogens is 208 g/mol. The molecule has 0 radical (unpaired) electrons. The van der Waals surface area contributed by atoms with Gasteiger partial charge in [0.1, 0.15) is 11.5 Å². The molecule has 0 aliphatic carbocycles. The molecule has 82 valence electrons. The molecule has 3 heteroatoms. The summed E-state index contributed by atoms with van der Waals surface area (Å²) in [6.45, 7) is 2.08. The van der Waals surface area contributed by atoms with Gasteiger partial charge >= 0.3 is 0 Å². The van der Waals surface area contributed by atoms with Gasteiger partial charge in [0, 0.05) is 12.8 Å². The predicted molar refractivity (Wildman–Crippen MR) is 62.1 cm³/mol. The zero-order valence-corrected chi connectivity index (χ0v) is 9.81. The van der Waals surface area contributed by atoms with E-state index in [2.05, 4.69) is 6.92 Å². The first-order valence-corrected chi connectivity index (χ1v) is 6.39.